The second kappa shape index (κ2) is 7.10. The number of rotatable bonds is 4. The minimum Gasteiger partial charge on any atom is -0.371 e. The van der Waals surface area contributed by atoms with Gasteiger partial charge in [-0.15, -0.1) is 0 Å². The molecule has 1 N–H and O–H groups in total. The summed E-state index contributed by atoms with van der Waals surface area (Å²) in [7, 11) is 0. The van der Waals surface area contributed by atoms with Crippen LogP contribution in [0.1, 0.15) is 41.8 Å². The third-order valence-electron chi connectivity index (χ3n) is 3.96. The summed E-state index contributed by atoms with van der Waals surface area (Å²) < 4.78 is 7.74. The standard InChI is InChI=1S/C16H19ClN4O2/c1-2-21-10-11(8-19-21)15-14(4-3-7-23-15)20-16(22)12-5-6-18-9-13(12)17/h5-6,8-10,14-15H,2-4,7H2,1H3,(H,20,22)/t14-,15+/m0/s1. The summed E-state index contributed by atoms with van der Waals surface area (Å²) in [5.41, 5.74) is 1.41. The molecule has 0 unspecified atom stereocenters. The molecule has 3 rings (SSSR count). The largest absolute Gasteiger partial charge is 0.371 e. The number of amides is 1. The van der Waals surface area contributed by atoms with Crippen molar-refractivity contribution in [3.8, 4) is 0 Å². The van der Waals surface area contributed by atoms with Gasteiger partial charge in [-0.1, -0.05) is 11.6 Å². The molecule has 122 valence electrons. The van der Waals surface area contributed by atoms with Crippen molar-refractivity contribution in [1.29, 1.82) is 0 Å². The van der Waals surface area contributed by atoms with E-state index in [0.29, 0.717) is 17.2 Å². The topological polar surface area (TPSA) is 69.0 Å². The molecule has 1 saturated heterocycles. The molecule has 3 heterocycles. The van der Waals surface area contributed by atoms with Crippen molar-refractivity contribution in [3.63, 3.8) is 0 Å². The molecule has 2 atom stereocenters. The maximum Gasteiger partial charge on any atom is 0.253 e. The Morgan fingerprint density at radius 2 is 2.39 bits per heavy atom. The van der Waals surface area contributed by atoms with Crippen LogP contribution in [0.4, 0.5) is 0 Å². The Kier molecular flexibility index (Phi) is 4.93. The van der Waals surface area contributed by atoms with E-state index in [1.165, 1.54) is 6.20 Å². The fourth-order valence-corrected chi connectivity index (χ4v) is 2.97. The SMILES string of the molecule is CCn1cc([C@H]2OCCC[C@@H]2NC(=O)c2ccncc2Cl)cn1. The van der Waals surface area contributed by atoms with Crippen molar-refractivity contribution in [2.75, 3.05) is 6.61 Å². The number of carbonyl (C=O) groups is 1. The van der Waals surface area contributed by atoms with Crippen LogP contribution in [0.5, 0.6) is 0 Å². The van der Waals surface area contributed by atoms with Crippen molar-refractivity contribution in [3.05, 3.63) is 47.0 Å². The maximum absolute atomic E-state index is 12.5. The number of nitrogens with one attached hydrogen (secondary N) is 1. The highest BCUT2D eigenvalue weighted by atomic mass is 35.5. The van der Waals surface area contributed by atoms with Crippen LogP contribution in [0.3, 0.4) is 0 Å². The molecule has 0 spiro atoms. The van der Waals surface area contributed by atoms with Crippen LogP contribution in [0, 0.1) is 0 Å². The van der Waals surface area contributed by atoms with Crippen molar-refractivity contribution in [1.82, 2.24) is 20.1 Å². The number of hydrogen-bond acceptors (Lipinski definition) is 4. The fourth-order valence-electron chi connectivity index (χ4n) is 2.76. The van der Waals surface area contributed by atoms with Crippen LogP contribution in [0.25, 0.3) is 0 Å². The third kappa shape index (κ3) is 3.54. The van der Waals surface area contributed by atoms with Crippen LogP contribution in [0.15, 0.2) is 30.9 Å². The summed E-state index contributed by atoms with van der Waals surface area (Å²) in [5.74, 6) is -0.208. The van der Waals surface area contributed by atoms with Gasteiger partial charge < -0.3 is 10.1 Å². The quantitative estimate of drug-likeness (QED) is 0.933. The lowest BCUT2D eigenvalue weighted by Gasteiger charge is -2.31. The minimum absolute atomic E-state index is 0.102. The molecular formula is C16H19ClN4O2. The lowest BCUT2D eigenvalue weighted by Crippen LogP contribution is -2.42. The number of aryl methyl sites for hydroxylation is 1. The third-order valence-corrected chi connectivity index (χ3v) is 4.26. The van der Waals surface area contributed by atoms with E-state index < -0.39 is 0 Å². The summed E-state index contributed by atoms with van der Waals surface area (Å²) in [6, 6.07) is 1.51. The van der Waals surface area contributed by atoms with E-state index in [0.717, 1.165) is 24.9 Å². The first-order valence-corrected chi connectivity index (χ1v) is 8.11. The number of hydrogen-bond donors (Lipinski definition) is 1. The Balaban J connectivity index is 1.76. The summed E-state index contributed by atoms with van der Waals surface area (Å²) in [6.45, 7) is 3.52. The number of halogens is 1. The van der Waals surface area contributed by atoms with Gasteiger partial charge in [0.1, 0.15) is 6.10 Å². The van der Waals surface area contributed by atoms with Gasteiger partial charge in [0, 0.05) is 37.3 Å². The highest BCUT2D eigenvalue weighted by Gasteiger charge is 2.30. The zero-order chi connectivity index (χ0) is 16.2. The molecule has 0 saturated carbocycles. The monoisotopic (exact) mass is 334 g/mol. The molecular weight excluding hydrogens is 316 g/mol. The minimum atomic E-state index is -0.208. The first-order chi connectivity index (χ1) is 11.2. The van der Waals surface area contributed by atoms with E-state index in [4.69, 9.17) is 16.3 Å². The molecule has 1 fully saturated rings. The Hall–Kier alpha value is -1.92. The first kappa shape index (κ1) is 16.0. The van der Waals surface area contributed by atoms with Crippen LogP contribution in [-0.4, -0.2) is 33.3 Å². The molecule has 2 aromatic heterocycles. The summed E-state index contributed by atoms with van der Waals surface area (Å²) in [4.78, 5) is 16.4. The van der Waals surface area contributed by atoms with Crippen molar-refractivity contribution in [2.45, 2.75) is 38.5 Å². The summed E-state index contributed by atoms with van der Waals surface area (Å²) in [6.07, 6.45) is 8.38. The van der Waals surface area contributed by atoms with Crippen molar-refractivity contribution < 1.29 is 9.53 Å². The molecule has 7 heteroatoms. The van der Waals surface area contributed by atoms with Gasteiger partial charge in [0.15, 0.2) is 0 Å². The van der Waals surface area contributed by atoms with Gasteiger partial charge in [-0.05, 0) is 25.8 Å². The van der Waals surface area contributed by atoms with Gasteiger partial charge in [0.2, 0.25) is 0 Å². The van der Waals surface area contributed by atoms with Crippen LogP contribution in [-0.2, 0) is 11.3 Å². The second-order valence-corrected chi connectivity index (χ2v) is 5.91. The Morgan fingerprint density at radius 1 is 1.52 bits per heavy atom. The van der Waals surface area contributed by atoms with E-state index in [1.54, 1.807) is 18.5 Å². The van der Waals surface area contributed by atoms with E-state index in [-0.39, 0.29) is 18.1 Å². The molecule has 0 aromatic carbocycles. The Labute approximate surface area is 139 Å². The van der Waals surface area contributed by atoms with Crippen LogP contribution >= 0.6 is 11.6 Å². The molecule has 1 aliphatic heterocycles. The molecule has 6 nitrogen and oxygen atoms in total. The molecule has 1 amide bonds. The predicted octanol–water partition coefficient (Wildman–Crippen LogP) is 2.60. The number of nitrogens with zero attached hydrogens (tertiary/aromatic N) is 3. The first-order valence-electron chi connectivity index (χ1n) is 7.73. The van der Waals surface area contributed by atoms with Gasteiger partial charge in [-0.25, -0.2) is 0 Å². The van der Waals surface area contributed by atoms with E-state index in [1.807, 2.05) is 17.8 Å². The van der Waals surface area contributed by atoms with E-state index in [2.05, 4.69) is 15.4 Å². The van der Waals surface area contributed by atoms with Crippen LogP contribution < -0.4 is 5.32 Å². The van der Waals surface area contributed by atoms with Gasteiger partial charge in [-0.2, -0.15) is 5.10 Å². The summed E-state index contributed by atoms with van der Waals surface area (Å²) >= 11 is 6.04. The molecule has 0 bridgehead atoms. The molecule has 2 aromatic rings. The van der Waals surface area contributed by atoms with Crippen molar-refractivity contribution >= 4 is 17.5 Å². The lowest BCUT2D eigenvalue weighted by atomic mass is 9.97. The van der Waals surface area contributed by atoms with Gasteiger partial charge in [-0.3, -0.25) is 14.5 Å². The smallest absolute Gasteiger partial charge is 0.253 e. The van der Waals surface area contributed by atoms with Gasteiger partial charge >= 0.3 is 0 Å². The number of pyridine rings is 1. The molecule has 1 aliphatic rings. The zero-order valence-corrected chi connectivity index (χ0v) is 13.7. The zero-order valence-electron chi connectivity index (χ0n) is 12.9. The molecule has 23 heavy (non-hydrogen) atoms. The average Bonchev–Trinajstić information content (AvgIpc) is 3.04. The lowest BCUT2D eigenvalue weighted by molar-refractivity contribution is -0.00950. The maximum atomic E-state index is 12.5. The predicted molar refractivity (Wildman–Crippen MR) is 86.3 cm³/mol. The second-order valence-electron chi connectivity index (χ2n) is 5.50. The Bertz CT molecular complexity index is 688. The fraction of sp³-hybridized carbons (Fsp3) is 0.438. The molecule has 0 aliphatic carbocycles. The highest BCUT2D eigenvalue weighted by molar-refractivity contribution is 6.33. The normalized spacial score (nSPS) is 21.1. The number of aromatic nitrogens is 3. The number of ether oxygens (including phenoxy) is 1. The van der Waals surface area contributed by atoms with Crippen LogP contribution in [0.2, 0.25) is 5.02 Å². The van der Waals surface area contributed by atoms with E-state index >= 15 is 0 Å². The average molecular weight is 335 g/mol. The highest BCUT2D eigenvalue weighted by Crippen LogP contribution is 2.28. The molecule has 0 radical (unpaired) electrons. The van der Waals surface area contributed by atoms with E-state index in [9.17, 15) is 4.79 Å². The van der Waals surface area contributed by atoms with Gasteiger partial charge in [0.25, 0.3) is 5.91 Å². The Morgan fingerprint density at radius 3 is 3.13 bits per heavy atom. The van der Waals surface area contributed by atoms with Gasteiger partial charge in [0.05, 0.1) is 22.8 Å². The number of carbonyl (C=O) groups excluding carboxylic acids is 1. The van der Waals surface area contributed by atoms with Crippen molar-refractivity contribution in [2.24, 2.45) is 0 Å². The summed E-state index contributed by atoms with van der Waals surface area (Å²) in [5, 5.41) is 7.67.